The van der Waals surface area contributed by atoms with Gasteiger partial charge in [-0.25, -0.2) is 12.4 Å². The number of carboxylic acid groups (broad SMARTS) is 1. The molecule has 124 valence electrons. The Morgan fingerprint density at radius 1 is 1.08 bits per heavy atom. The highest BCUT2D eigenvalue weighted by atomic mass is 32.2. The molecule has 6 heteroatoms. The van der Waals surface area contributed by atoms with Gasteiger partial charge >= 0.3 is 5.97 Å². The van der Waals surface area contributed by atoms with Gasteiger partial charge in [0.25, 0.3) is 10.0 Å². The van der Waals surface area contributed by atoms with Crippen LogP contribution in [-0.2, 0) is 21.2 Å². The first-order valence-corrected chi connectivity index (χ1v) is 8.87. The van der Waals surface area contributed by atoms with Crippen LogP contribution < -0.4 is 0 Å². The Labute approximate surface area is 140 Å². The van der Waals surface area contributed by atoms with Crippen LogP contribution in [0.4, 0.5) is 0 Å². The van der Waals surface area contributed by atoms with E-state index in [1.807, 2.05) is 13.8 Å². The zero-order valence-corrected chi connectivity index (χ0v) is 14.2. The average molecular weight is 343 g/mol. The molecule has 0 atom stereocenters. The minimum absolute atomic E-state index is 0.148. The van der Waals surface area contributed by atoms with Gasteiger partial charge in [0, 0.05) is 11.6 Å². The molecule has 0 amide bonds. The Morgan fingerprint density at radius 3 is 2.38 bits per heavy atom. The summed E-state index contributed by atoms with van der Waals surface area (Å²) in [7, 11) is -3.74. The van der Waals surface area contributed by atoms with Crippen LogP contribution in [0.3, 0.4) is 0 Å². The molecule has 3 rings (SSSR count). The van der Waals surface area contributed by atoms with Crippen LogP contribution in [0.25, 0.3) is 10.9 Å². The molecule has 1 N–H and O–H groups in total. The maximum absolute atomic E-state index is 13.0. The summed E-state index contributed by atoms with van der Waals surface area (Å²) in [5.41, 5.74) is 2.86. The van der Waals surface area contributed by atoms with E-state index in [2.05, 4.69) is 0 Å². The van der Waals surface area contributed by atoms with Crippen LogP contribution in [0.15, 0.2) is 53.6 Å². The molecule has 0 aliphatic heterocycles. The third-order valence-corrected chi connectivity index (χ3v) is 5.66. The highest BCUT2D eigenvalue weighted by Crippen LogP contribution is 2.27. The van der Waals surface area contributed by atoms with E-state index < -0.39 is 16.0 Å². The van der Waals surface area contributed by atoms with E-state index in [9.17, 15) is 13.2 Å². The molecule has 0 aliphatic carbocycles. The molecule has 0 unspecified atom stereocenters. The summed E-state index contributed by atoms with van der Waals surface area (Å²) in [6.45, 7) is 3.73. The van der Waals surface area contributed by atoms with Crippen molar-refractivity contribution in [3.8, 4) is 0 Å². The van der Waals surface area contributed by atoms with E-state index in [1.165, 1.54) is 3.97 Å². The second-order valence-electron chi connectivity index (χ2n) is 5.85. The summed E-state index contributed by atoms with van der Waals surface area (Å²) in [5.74, 6) is -0.953. The van der Waals surface area contributed by atoms with Crippen LogP contribution >= 0.6 is 0 Å². The summed E-state index contributed by atoms with van der Waals surface area (Å²) in [5, 5.41) is 9.74. The van der Waals surface area contributed by atoms with Crippen molar-refractivity contribution in [3.05, 3.63) is 65.4 Å². The van der Waals surface area contributed by atoms with Gasteiger partial charge in [0.15, 0.2) is 0 Å². The van der Waals surface area contributed by atoms with Gasteiger partial charge in [-0.1, -0.05) is 29.8 Å². The number of aromatic nitrogens is 1. The maximum Gasteiger partial charge on any atom is 0.307 e. The molecule has 1 aromatic heterocycles. The van der Waals surface area contributed by atoms with E-state index in [-0.39, 0.29) is 11.3 Å². The van der Waals surface area contributed by atoms with Gasteiger partial charge in [-0.3, -0.25) is 4.79 Å². The number of fused-ring (bicyclic) bond motifs is 1. The lowest BCUT2D eigenvalue weighted by Gasteiger charge is -2.08. The van der Waals surface area contributed by atoms with Crippen LogP contribution in [0.2, 0.25) is 0 Å². The first-order chi connectivity index (χ1) is 11.3. The highest BCUT2D eigenvalue weighted by molar-refractivity contribution is 7.90. The van der Waals surface area contributed by atoms with E-state index in [4.69, 9.17) is 5.11 Å². The molecule has 0 saturated heterocycles. The fourth-order valence-corrected chi connectivity index (χ4v) is 4.13. The lowest BCUT2D eigenvalue weighted by molar-refractivity contribution is -0.136. The molecule has 0 bridgehead atoms. The molecule has 0 aliphatic rings. The Morgan fingerprint density at radius 2 is 1.75 bits per heavy atom. The van der Waals surface area contributed by atoms with Gasteiger partial charge in [-0.2, -0.15) is 0 Å². The molecule has 5 nitrogen and oxygen atoms in total. The summed E-state index contributed by atoms with van der Waals surface area (Å²) in [6.07, 6.45) is 1.43. The SMILES string of the molecule is Cc1ccc(S(=O)(=O)n2cc(C)c3ccc(CC(=O)O)cc32)cc1. The summed E-state index contributed by atoms with van der Waals surface area (Å²) in [6, 6.07) is 11.8. The zero-order chi connectivity index (χ0) is 17.5. The normalized spacial score (nSPS) is 11.8. The molecule has 3 aromatic rings. The number of carboxylic acids is 1. The average Bonchev–Trinajstić information content (AvgIpc) is 2.84. The molecule has 1 heterocycles. The molecular formula is C18H17NO4S. The van der Waals surface area contributed by atoms with Gasteiger partial charge < -0.3 is 5.11 Å². The largest absolute Gasteiger partial charge is 0.481 e. The zero-order valence-electron chi connectivity index (χ0n) is 13.4. The van der Waals surface area contributed by atoms with E-state index in [0.29, 0.717) is 11.1 Å². The number of benzene rings is 2. The highest BCUT2D eigenvalue weighted by Gasteiger charge is 2.20. The van der Waals surface area contributed by atoms with Gasteiger partial charge in [0.2, 0.25) is 0 Å². The Kier molecular flexibility index (Phi) is 3.93. The number of rotatable bonds is 4. The van der Waals surface area contributed by atoms with Crippen LogP contribution in [0.1, 0.15) is 16.7 Å². The molecule has 0 spiro atoms. The molecule has 2 aromatic carbocycles. The first-order valence-electron chi connectivity index (χ1n) is 7.43. The van der Waals surface area contributed by atoms with E-state index in [1.54, 1.807) is 48.7 Å². The second kappa shape index (κ2) is 5.79. The van der Waals surface area contributed by atoms with Crippen molar-refractivity contribution in [2.45, 2.75) is 25.2 Å². The smallest absolute Gasteiger partial charge is 0.307 e. The number of nitrogens with zero attached hydrogens (tertiary/aromatic N) is 1. The molecule has 0 saturated carbocycles. The summed E-state index contributed by atoms with van der Waals surface area (Å²) >= 11 is 0. The number of hydrogen-bond acceptors (Lipinski definition) is 3. The minimum atomic E-state index is -3.74. The third kappa shape index (κ3) is 2.80. The number of carbonyl (C=O) groups is 1. The van der Waals surface area contributed by atoms with Crippen LogP contribution in [-0.4, -0.2) is 23.5 Å². The van der Waals surface area contributed by atoms with Gasteiger partial charge in [-0.15, -0.1) is 0 Å². The first kappa shape index (κ1) is 16.3. The number of hydrogen-bond donors (Lipinski definition) is 1. The quantitative estimate of drug-likeness (QED) is 0.789. The predicted octanol–water partition coefficient (Wildman–Crippen LogP) is 3.12. The second-order valence-corrected chi connectivity index (χ2v) is 7.66. The molecule has 24 heavy (non-hydrogen) atoms. The van der Waals surface area contributed by atoms with Gasteiger partial charge in [-0.05, 0) is 43.2 Å². The van der Waals surface area contributed by atoms with Crippen molar-refractivity contribution in [1.82, 2.24) is 3.97 Å². The van der Waals surface area contributed by atoms with E-state index in [0.717, 1.165) is 16.5 Å². The van der Waals surface area contributed by atoms with Crippen molar-refractivity contribution >= 4 is 26.9 Å². The standard InChI is InChI=1S/C18H17NO4S/c1-12-3-6-15(7-4-12)24(22,23)19-11-13(2)16-8-5-14(9-17(16)19)10-18(20)21/h3-9,11H,10H2,1-2H3,(H,20,21). The Balaban J connectivity index is 2.21. The molecular weight excluding hydrogens is 326 g/mol. The Hall–Kier alpha value is -2.60. The van der Waals surface area contributed by atoms with E-state index >= 15 is 0 Å². The van der Waals surface area contributed by atoms with Crippen molar-refractivity contribution < 1.29 is 18.3 Å². The predicted molar refractivity (Wildman–Crippen MR) is 91.8 cm³/mol. The van der Waals surface area contributed by atoms with Crippen LogP contribution in [0.5, 0.6) is 0 Å². The fraction of sp³-hybridized carbons (Fsp3) is 0.167. The lowest BCUT2D eigenvalue weighted by Crippen LogP contribution is -2.12. The maximum atomic E-state index is 13.0. The third-order valence-electron chi connectivity index (χ3n) is 3.97. The number of aryl methyl sites for hydroxylation is 2. The minimum Gasteiger partial charge on any atom is -0.481 e. The lowest BCUT2D eigenvalue weighted by atomic mass is 10.1. The summed E-state index contributed by atoms with van der Waals surface area (Å²) in [4.78, 5) is 11.1. The fourth-order valence-electron chi connectivity index (χ4n) is 2.72. The van der Waals surface area contributed by atoms with Gasteiger partial charge in [0.1, 0.15) is 0 Å². The molecule has 0 radical (unpaired) electrons. The monoisotopic (exact) mass is 343 g/mol. The number of aliphatic carboxylic acids is 1. The van der Waals surface area contributed by atoms with Crippen molar-refractivity contribution in [1.29, 1.82) is 0 Å². The van der Waals surface area contributed by atoms with Crippen molar-refractivity contribution in [3.63, 3.8) is 0 Å². The van der Waals surface area contributed by atoms with Crippen LogP contribution in [0, 0.1) is 13.8 Å². The molecule has 0 fully saturated rings. The summed E-state index contributed by atoms with van der Waals surface area (Å²) < 4.78 is 27.1. The topological polar surface area (TPSA) is 76.4 Å². The van der Waals surface area contributed by atoms with Gasteiger partial charge in [0.05, 0.1) is 16.8 Å². The van der Waals surface area contributed by atoms with Crippen molar-refractivity contribution in [2.75, 3.05) is 0 Å². The Bertz CT molecular complexity index is 1030. The van der Waals surface area contributed by atoms with Crippen molar-refractivity contribution in [2.24, 2.45) is 0 Å².